The molecular weight excluding hydrogens is 244 g/mol. The van der Waals surface area contributed by atoms with Gasteiger partial charge in [-0.2, -0.15) is 0 Å². The van der Waals surface area contributed by atoms with Crippen LogP contribution in [0.1, 0.15) is 11.6 Å². The molecule has 0 spiro atoms. The van der Waals surface area contributed by atoms with Crippen LogP contribution in [0.4, 0.5) is 4.39 Å². The van der Waals surface area contributed by atoms with Crippen molar-refractivity contribution in [3.05, 3.63) is 22.7 Å². The minimum absolute atomic E-state index is 0. The van der Waals surface area contributed by atoms with E-state index >= 15 is 0 Å². The second kappa shape index (κ2) is 4.88. The van der Waals surface area contributed by atoms with Crippen molar-refractivity contribution in [1.82, 2.24) is 0 Å². The largest absolute Gasteiger partial charge is 0.454 e. The van der Waals surface area contributed by atoms with Gasteiger partial charge in [0.05, 0.1) is 6.04 Å². The lowest BCUT2D eigenvalue weighted by Crippen LogP contribution is -2.12. The molecule has 1 aromatic rings. The first kappa shape index (κ1) is 12.4. The van der Waals surface area contributed by atoms with Crippen molar-refractivity contribution in [2.45, 2.75) is 6.04 Å². The topological polar surface area (TPSA) is 44.5 Å². The molecule has 1 aromatic carbocycles. The van der Waals surface area contributed by atoms with Gasteiger partial charge in [0.25, 0.3) is 0 Å². The summed E-state index contributed by atoms with van der Waals surface area (Å²) in [5.74, 6) is 1.14. The molecule has 15 heavy (non-hydrogen) atoms. The quantitative estimate of drug-likeness (QED) is 0.881. The van der Waals surface area contributed by atoms with Crippen LogP contribution in [0.3, 0.4) is 0 Å². The lowest BCUT2D eigenvalue weighted by atomic mass is 10.1. The fraction of sp³-hybridized carbons (Fsp3) is 0.333. The van der Waals surface area contributed by atoms with Crippen LogP contribution in [0.15, 0.2) is 12.1 Å². The number of hydrogen-bond acceptors (Lipinski definition) is 3. The summed E-state index contributed by atoms with van der Waals surface area (Å²) >= 11 is 5.90. The van der Waals surface area contributed by atoms with Crippen LogP contribution in [0.5, 0.6) is 11.5 Å². The Labute approximate surface area is 97.7 Å². The van der Waals surface area contributed by atoms with Crippen molar-refractivity contribution >= 4 is 24.0 Å². The number of ether oxygens (including phenoxy) is 2. The Hall–Kier alpha value is -0.710. The van der Waals surface area contributed by atoms with Crippen molar-refractivity contribution < 1.29 is 13.9 Å². The van der Waals surface area contributed by atoms with Gasteiger partial charge in [0.15, 0.2) is 11.5 Å². The van der Waals surface area contributed by atoms with Crippen LogP contribution in [-0.2, 0) is 0 Å². The number of benzene rings is 1. The lowest BCUT2D eigenvalue weighted by Gasteiger charge is -2.10. The van der Waals surface area contributed by atoms with Crippen LogP contribution in [0.25, 0.3) is 0 Å². The number of hydrogen-bond donors (Lipinski definition) is 1. The van der Waals surface area contributed by atoms with Gasteiger partial charge < -0.3 is 15.2 Å². The van der Waals surface area contributed by atoms with Crippen molar-refractivity contribution in [2.24, 2.45) is 5.73 Å². The van der Waals surface area contributed by atoms with Gasteiger partial charge in [-0.15, -0.1) is 12.4 Å². The van der Waals surface area contributed by atoms with Crippen LogP contribution in [0, 0.1) is 0 Å². The SMILES string of the molecule is Cl.N[C@@H](CF)c1cc2c(cc1Cl)OCO2. The van der Waals surface area contributed by atoms with E-state index in [9.17, 15) is 4.39 Å². The van der Waals surface area contributed by atoms with Gasteiger partial charge in [0, 0.05) is 11.1 Å². The van der Waals surface area contributed by atoms with Crippen LogP contribution >= 0.6 is 24.0 Å². The number of halogens is 3. The Morgan fingerprint density at radius 1 is 1.40 bits per heavy atom. The van der Waals surface area contributed by atoms with Crippen molar-refractivity contribution in [2.75, 3.05) is 13.5 Å². The van der Waals surface area contributed by atoms with Crippen molar-refractivity contribution in [3.8, 4) is 11.5 Å². The van der Waals surface area contributed by atoms with E-state index in [0.717, 1.165) is 0 Å². The van der Waals surface area contributed by atoms with E-state index in [-0.39, 0.29) is 19.2 Å². The minimum atomic E-state index is -0.711. The molecule has 6 heteroatoms. The summed E-state index contributed by atoms with van der Waals surface area (Å²) in [6.07, 6.45) is 0. The Balaban J connectivity index is 0.00000112. The zero-order valence-electron chi connectivity index (χ0n) is 7.70. The molecule has 0 bridgehead atoms. The minimum Gasteiger partial charge on any atom is -0.454 e. The molecule has 2 rings (SSSR count). The predicted octanol–water partition coefficient (Wildman–Crippen LogP) is 2.46. The molecule has 1 heterocycles. The highest BCUT2D eigenvalue weighted by Crippen LogP contribution is 2.38. The molecule has 0 aromatic heterocycles. The summed E-state index contributed by atoms with van der Waals surface area (Å²) in [6.45, 7) is -0.487. The van der Waals surface area contributed by atoms with Gasteiger partial charge in [-0.25, -0.2) is 4.39 Å². The average molecular weight is 254 g/mol. The number of nitrogens with two attached hydrogens (primary N) is 1. The van der Waals surface area contributed by atoms with Crippen LogP contribution in [-0.4, -0.2) is 13.5 Å². The molecule has 1 atom stereocenters. The molecule has 1 aliphatic rings. The summed E-state index contributed by atoms with van der Waals surface area (Å²) in [6, 6.07) is 2.50. The third kappa shape index (κ3) is 2.27. The van der Waals surface area contributed by atoms with E-state index in [1.54, 1.807) is 12.1 Å². The Bertz CT molecular complexity index is 362. The summed E-state index contributed by atoms with van der Waals surface area (Å²) in [7, 11) is 0. The number of alkyl halides is 1. The van der Waals surface area contributed by atoms with E-state index in [1.165, 1.54) is 0 Å². The van der Waals surface area contributed by atoms with Crippen molar-refractivity contribution in [3.63, 3.8) is 0 Å². The predicted molar refractivity (Wildman–Crippen MR) is 57.7 cm³/mol. The first-order valence-corrected chi connectivity index (χ1v) is 4.50. The van der Waals surface area contributed by atoms with Gasteiger partial charge in [-0.3, -0.25) is 0 Å². The zero-order chi connectivity index (χ0) is 10.1. The van der Waals surface area contributed by atoms with Gasteiger partial charge in [-0.05, 0) is 11.6 Å². The summed E-state index contributed by atoms with van der Waals surface area (Å²) < 4.78 is 22.6. The van der Waals surface area contributed by atoms with E-state index in [1.807, 2.05) is 0 Å². The van der Waals surface area contributed by atoms with Gasteiger partial charge in [0.2, 0.25) is 6.79 Å². The summed E-state index contributed by atoms with van der Waals surface area (Å²) in [5, 5.41) is 0.402. The lowest BCUT2D eigenvalue weighted by molar-refractivity contribution is 0.174. The molecule has 0 saturated heterocycles. The van der Waals surface area contributed by atoms with E-state index < -0.39 is 12.7 Å². The molecule has 0 aliphatic carbocycles. The molecule has 84 valence electrons. The maximum absolute atomic E-state index is 12.3. The normalized spacial score (nSPS) is 14.6. The summed E-state index contributed by atoms with van der Waals surface area (Å²) in [4.78, 5) is 0. The third-order valence-corrected chi connectivity index (χ3v) is 2.38. The fourth-order valence-electron chi connectivity index (χ4n) is 1.30. The second-order valence-electron chi connectivity index (χ2n) is 2.99. The molecule has 0 amide bonds. The second-order valence-corrected chi connectivity index (χ2v) is 3.39. The maximum atomic E-state index is 12.3. The number of fused-ring (bicyclic) bond motifs is 1. The Morgan fingerprint density at radius 2 is 2.00 bits per heavy atom. The average Bonchev–Trinajstić information content (AvgIpc) is 2.62. The first-order chi connectivity index (χ1) is 6.72. The van der Waals surface area contributed by atoms with Gasteiger partial charge >= 0.3 is 0 Å². The molecule has 2 N–H and O–H groups in total. The van der Waals surface area contributed by atoms with E-state index in [2.05, 4.69) is 0 Å². The molecule has 3 nitrogen and oxygen atoms in total. The monoisotopic (exact) mass is 253 g/mol. The Morgan fingerprint density at radius 3 is 2.60 bits per heavy atom. The van der Waals surface area contributed by atoms with Crippen LogP contribution < -0.4 is 15.2 Å². The van der Waals surface area contributed by atoms with Crippen LogP contribution in [0.2, 0.25) is 5.02 Å². The molecule has 0 unspecified atom stereocenters. The fourth-order valence-corrected chi connectivity index (χ4v) is 1.59. The maximum Gasteiger partial charge on any atom is 0.231 e. The van der Waals surface area contributed by atoms with Crippen molar-refractivity contribution in [1.29, 1.82) is 0 Å². The Kier molecular flexibility index (Phi) is 4.02. The van der Waals surface area contributed by atoms with E-state index in [0.29, 0.717) is 22.1 Å². The molecular formula is C9H10Cl2FNO2. The molecule has 0 radical (unpaired) electrons. The zero-order valence-corrected chi connectivity index (χ0v) is 9.28. The van der Waals surface area contributed by atoms with Gasteiger partial charge in [-0.1, -0.05) is 11.6 Å². The third-order valence-electron chi connectivity index (χ3n) is 2.06. The molecule has 1 aliphatic heterocycles. The smallest absolute Gasteiger partial charge is 0.231 e. The summed E-state index contributed by atoms with van der Waals surface area (Å²) in [5.41, 5.74) is 6.07. The number of rotatable bonds is 2. The van der Waals surface area contributed by atoms with E-state index in [4.69, 9.17) is 26.8 Å². The first-order valence-electron chi connectivity index (χ1n) is 4.13. The standard InChI is InChI=1S/C9H9ClFNO2.ClH/c10-6-2-9-8(13-4-14-9)1-5(6)7(12)3-11;/h1-2,7H,3-4,12H2;1H/t7-;/m0./s1. The highest BCUT2D eigenvalue weighted by molar-refractivity contribution is 6.31. The molecule has 0 saturated carbocycles. The highest BCUT2D eigenvalue weighted by atomic mass is 35.5. The van der Waals surface area contributed by atoms with Gasteiger partial charge in [0.1, 0.15) is 6.67 Å². The molecule has 0 fully saturated rings. The highest BCUT2D eigenvalue weighted by Gasteiger charge is 2.19.